The van der Waals surface area contributed by atoms with Gasteiger partial charge in [-0.15, -0.1) is 0 Å². The van der Waals surface area contributed by atoms with Crippen LogP contribution in [0.25, 0.3) is 0 Å². The number of amides is 1. The van der Waals surface area contributed by atoms with Gasteiger partial charge in [0.1, 0.15) is 0 Å². The van der Waals surface area contributed by atoms with Gasteiger partial charge in [0.15, 0.2) is 11.5 Å². The third-order valence-electron chi connectivity index (χ3n) is 4.70. The van der Waals surface area contributed by atoms with Gasteiger partial charge >= 0.3 is 6.18 Å². The quantitative estimate of drug-likeness (QED) is 0.718. The molecule has 0 aliphatic heterocycles. The van der Waals surface area contributed by atoms with Gasteiger partial charge in [-0.2, -0.15) is 13.2 Å². The molecule has 0 spiro atoms. The SMILES string of the molecule is COc1ccc(CNC(=O)C(C)N(C)Cc2ccccc2C(F)(F)F)cc1OC. The Bertz CT molecular complexity index is 840. The fourth-order valence-electron chi connectivity index (χ4n) is 2.87. The Morgan fingerprint density at radius 2 is 1.76 bits per heavy atom. The van der Waals surface area contributed by atoms with E-state index >= 15 is 0 Å². The lowest BCUT2D eigenvalue weighted by Gasteiger charge is -2.25. The zero-order valence-electron chi connectivity index (χ0n) is 16.8. The fourth-order valence-corrected chi connectivity index (χ4v) is 2.87. The average molecular weight is 410 g/mol. The summed E-state index contributed by atoms with van der Waals surface area (Å²) in [6.45, 7) is 1.91. The van der Waals surface area contributed by atoms with Crippen molar-refractivity contribution in [1.82, 2.24) is 10.2 Å². The van der Waals surface area contributed by atoms with E-state index < -0.39 is 17.8 Å². The van der Waals surface area contributed by atoms with E-state index in [4.69, 9.17) is 9.47 Å². The Hall–Kier alpha value is -2.74. The predicted octanol–water partition coefficient (Wildman–Crippen LogP) is 3.86. The van der Waals surface area contributed by atoms with Crippen molar-refractivity contribution in [2.24, 2.45) is 0 Å². The highest BCUT2D eigenvalue weighted by atomic mass is 19.4. The van der Waals surface area contributed by atoms with E-state index in [1.165, 1.54) is 26.4 Å². The van der Waals surface area contributed by atoms with Crippen LogP contribution in [0.15, 0.2) is 42.5 Å². The molecule has 0 aliphatic carbocycles. The number of ether oxygens (including phenoxy) is 2. The third-order valence-corrected chi connectivity index (χ3v) is 4.70. The zero-order valence-corrected chi connectivity index (χ0v) is 16.8. The molecule has 0 aromatic heterocycles. The molecule has 0 heterocycles. The van der Waals surface area contributed by atoms with Crippen LogP contribution in [-0.2, 0) is 24.1 Å². The molecular formula is C21H25F3N2O3. The summed E-state index contributed by atoms with van der Waals surface area (Å²) in [5, 5.41) is 2.80. The molecule has 8 heteroatoms. The van der Waals surface area contributed by atoms with Crippen molar-refractivity contribution < 1.29 is 27.4 Å². The van der Waals surface area contributed by atoms with Gasteiger partial charge in [0.25, 0.3) is 0 Å². The molecule has 0 saturated carbocycles. The van der Waals surface area contributed by atoms with Crippen LogP contribution in [-0.4, -0.2) is 38.1 Å². The van der Waals surface area contributed by atoms with Crippen molar-refractivity contribution >= 4 is 5.91 Å². The minimum absolute atomic E-state index is 0.000624. The molecule has 0 saturated heterocycles. The van der Waals surface area contributed by atoms with E-state index in [2.05, 4.69) is 5.32 Å². The Labute approximate surface area is 168 Å². The van der Waals surface area contributed by atoms with E-state index in [0.717, 1.165) is 11.6 Å². The number of alkyl halides is 3. The highest BCUT2D eigenvalue weighted by Gasteiger charge is 2.33. The maximum absolute atomic E-state index is 13.2. The standard InChI is InChI=1S/C21H25F3N2O3/c1-14(26(2)13-16-7-5-6-8-17(16)21(22,23)24)20(27)25-12-15-9-10-18(28-3)19(11-15)29-4/h5-11,14H,12-13H2,1-4H3,(H,25,27). The highest BCUT2D eigenvalue weighted by Crippen LogP contribution is 2.32. The Balaban J connectivity index is 2.00. The Morgan fingerprint density at radius 3 is 2.38 bits per heavy atom. The fraction of sp³-hybridized carbons (Fsp3) is 0.381. The van der Waals surface area contributed by atoms with Crippen LogP contribution in [0.3, 0.4) is 0 Å². The van der Waals surface area contributed by atoms with Crippen LogP contribution in [0, 0.1) is 0 Å². The molecule has 1 amide bonds. The maximum Gasteiger partial charge on any atom is 0.416 e. The lowest BCUT2D eigenvalue weighted by atomic mass is 10.1. The van der Waals surface area contributed by atoms with Crippen molar-refractivity contribution in [3.63, 3.8) is 0 Å². The van der Waals surface area contributed by atoms with Crippen molar-refractivity contribution in [3.8, 4) is 11.5 Å². The molecule has 1 N–H and O–H groups in total. The normalized spacial score (nSPS) is 12.6. The number of carbonyl (C=O) groups is 1. The maximum atomic E-state index is 13.2. The summed E-state index contributed by atoms with van der Waals surface area (Å²) >= 11 is 0. The van der Waals surface area contributed by atoms with E-state index in [0.29, 0.717) is 11.5 Å². The van der Waals surface area contributed by atoms with Crippen LogP contribution < -0.4 is 14.8 Å². The van der Waals surface area contributed by atoms with E-state index in [1.807, 2.05) is 0 Å². The number of rotatable bonds is 8. The zero-order chi connectivity index (χ0) is 21.6. The number of methoxy groups -OCH3 is 2. The first-order valence-corrected chi connectivity index (χ1v) is 9.01. The molecule has 0 aliphatic rings. The summed E-state index contributed by atoms with van der Waals surface area (Å²) in [4.78, 5) is 14.1. The number of carbonyl (C=O) groups excluding carboxylic acids is 1. The van der Waals surface area contributed by atoms with Gasteiger partial charge < -0.3 is 14.8 Å². The first kappa shape index (κ1) is 22.5. The minimum Gasteiger partial charge on any atom is -0.493 e. The van der Waals surface area contributed by atoms with Crippen LogP contribution in [0.4, 0.5) is 13.2 Å². The van der Waals surface area contributed by atoms with Gasteiger partial charge in [-0.05, 0) is 43.3 Å². The monoisotopic (exact) mass is 410 g/mol. The molecule has 1 unspecified atom stereocenters. The second kappa shape index (κ2) is 9.65. The first-order valence-electron chi connectivity index (χ1n) is 9.01. The van der Waals surface area contributed by atoms with Crippen molar-refractivity contribution in [3.05, 3.63) is 59.2 Å². The number of nitrogens with zero attached hydrogens (tertiary/aromatic N) is 1. The van der Waals surface area contributed by atoms with Crippen molar-refractivity contribution in [2.45, 2.75) is 32.2 Å². The summed E-state index contributed by atoms with van der Waals surface area (Å²) in [5.41, 5.74) is 0.250. The van der Waals surface area contributed by atoms with Crippen LogP contribution in [0.2, 0.25) is 0 Å². The molecule has 0 bridgehead atoms. The smallest absolute Gasteiger partial charge is 0.416 e. The first-order chi connectivity index (χ1) is 13.7. The number of nitrogens with one attached hydrogen (secondary N) is 1. The second-order valence-corrected chi connectivity index (χ2v) is 6.65. The number of hydrogen-bond acceptors (Lipinski definition) is 4. The molecule has 5 nitrogen and oxygen atoms in total. The largest absolute Gasteiger partial charge is 0.493 e. The molecular weight excluding hydrogens is 385 g/mol. The molecule has 2 aromatic carbocycles. The Morgan fingerprint density at radius 1 is 1.10 bits per heavy atom. The van der Waals surface area contributed by atoms with Crippen LogP contribution in [0.1, 0.15) is 23.6 Å². The lowest BCUT2D eigenvalue weighted by molar-refractivity contribution is -0.138. The van der Waals surface area contributed by atoms with E-state index in [1.54, 1.807) is 43.1 Å². The number of likely N-dealkylation sites (N-methyl/N-ethyl adjacent to an activating group) is 1. The van der Waals surface area contributed by atoms with Gasteiger partial charge in [0, 0.05) is 13.1 Å². The van der Waals surface area contributed by atoms with Crippen molar-refractivity contribution in [2.75, 3.05) is 21.3 Å². The van der Waals surface area contributed by atoms with E-state index in [9.17, 15) is 18.0 Å². The lowest BCUT2D eigenvalue weighted by Crippen LogP contribution is -2.42. The molecule has 2 rings (SSSR count). The van der Waals surface area contributed by atoms with Gasteiger partial charge in [0.2, 0.25) is 5.91 Å². The number of hydrogen-bond donors (Lipinski definition) is 1. The third kappa shape index (κ3) is 5.87. The van der Waals surface area contributed by atoms with E-state index in [-0.39, 0.29) is 24.6 Å². The summed E-state index contributed by atoms with van der Waals surface area (Å²) < 4.78 is 49.9. The summed E-state index contributed by atoms with van der Waals surface area (Å²) in [7, 11) is 4.68. The van der Waals surface area contributed by atoms with Crippen molar-refractivity contribution in [1.29, 1.82) is 0 Å². The molecule has 0 fully saturated rings. The van der Waals surface area contributed by atoms with Gasteiger partial charge in [-0.3, -0.25) is 9.69 Å². The molecule has 1 atom stereocenters. The average Bonchev–Trinajstić information content (AvgIpc) is 2.70. The molecule has 29 heavy (non-hydrogen) atoms. The molecule has 158 valence electrons. The number of halogens is 3. The summed E-state index contributed by atoms with van der Waals surface area (Å²) in [6.07, 6.45) is -4.43. The topological polar surface area (TPSA) is 50.8 Å². The molecule has 0 radical (unpaired) electrons. The number of benzene rings is 2. The van der Waals surface area contributed by atoms with Crippen LogP contribution >= 0.6 is 0 Å². The minimum atomic E-state index is -4.43. The van der Waals surface area contributed by atoms with Gasteiger partial charge in [0.05, 0.1) is 25.8 Å². The molecule has 2 aromatic rings. The Kier molecular flexibility index (Phi) is 7.50. The van der Waals surface area contributed by atoms with Gasteiger partial charge in [-0.1, -0.05) is 24.3 Å². The summed E-state index contributed by atoms with van der Waals surface area (Å²) in [5.74, 6) is 0.846. The predicted molar refractivity (Wildman–Crippen MR) is 104 cm³/mol. The van der Waals surface area contributed by atoms with Crippen LogP contribution in [0.5, 0.6) is 11.5 Å². The van der Waals surface area contributed by atoms with Gasteiger partial charge in [-0.25, -0.2) is 0 Å². The second-order valence-electron chi connectivity index (χ2n) is 6.65. The highest BCUT2D eigenvalue weighted by molar-refractivity contribution is 5.81. The summed E-state index contributed by atoms with van der Waals surface area (Å²) in [6, 6.07) is 10.1.